The summed E-state index contributed by atoms with van der Waals surface area (Å²) in [6.45, 7) is 4.47. The fraction of sp³-hybridized carbons (Fsp3) is 0.667. The predicted octanol–water partition coefficient (Wildman–Crippen LogP) is -0.584. The minimum atomic E-state index is -0.851. The molecule has 0 aromatic carbocycles. The second kappa shape index (κ2) is 4.76. The fourth-order valence-electron chi connectivity index (χ4n) is 2.01. The van der Waals surface area contributed by atoms with E-state index in [-0.39, 0.29) is 18.2 Å². The maximum atomic E-state index is 12.1. The fourth-order valence-corrected chi connectivity index (χ4v) is 2.01. The molecule has 5 nitrogen and oxygen atoms in total. The Bertz CT molecular complexity index is 370. The molecule has 1 heterocycles. The van der Waals surface area contributed by atoms with Gasteiger partial charge in [0.05, 0.1) is 6.04 Å². The zero-order valence-corrected chi connectivity index (χ0v) is 10.6. The van der Waals surface area contributed by atoms with Crippen molar-refractivity contribution in [3.05, 3.63) is 0 Å². The molecule has 17 heavy (non-hydrogen) atoms. The lowest BCUT2D eigenvalue weighted by Crippen LogP contribution is -2.65. The molecule has 1 fully saturated rings. The monoisotopic (exact) mass is 237 g/mol. The molecule has 1 atom stereocenters. The maximum absolute atomic E-state index is 12.1. The van der Waals surface area contributed by atoms with Gasteiger partial charge >= 0.3 is 0 Å². The van der Waals surface area contributed by atoms with E-state index in [1.54, 1.807) is 25.8 Å². The van der Waals surface area contributed by atoms with Crippen LogP contribution in [0.1, 0.15) is 20.3 Å². The first kappa shape index (κ1) is 13.5. The first-order valence-corrected chi connectivity index (χ1v) is 5.58. The number of terminal acetylenes is 1. The van der Waals surface area contributed by atoms with Crippen molar-refractivity contribution in [2.75, 3.05) is 20.1 Å². The van der Waals surface area contributed by atoms with Crippen molar-refractivity contribution in [2.24, 2.45) is 5.73 Å². The number of carbonyl (C=O) groups is 2. The molecule has 1 saturated heterocycles. The minimum absolute atomic E-state index is 0.0787. The summed E-state index contributed by atoms with van der Waals surface area (Å²) in [5.74, 6) is 2.03. The number of hydrogen-bond donors (Lipinski definition) is 1. The van der Waals surface area contributed by atoms with Gasteiger partial charge < -0.3 is 15.5 Å². The van der Waals surface area contributed by atoms with Crippen molar-refractivity contribution in [1.29, 1.82) is 0 Å². The zero-order valence-electron chi connectivity index (χ0n) is 10.6. The van der Waals surface area contributed by atoms with Crippen molar-refractivity contribution in [2.45, 2.75) is 31.8 Å². The van der Waals surface area contributed by atoms with Gasteiger partial charge in [-0.15, -0.1) is 12.3 Å². The summed E-state index contributed by atoms with van der Waals surface area (Å²) in [4.78, 5) is 27.2. The topological polar surface area (TPSA) is 66.6 Å². The number of nitrogens with two attached hydrogens (primary N) is 1. The highest BCUT2D eigenvalue weighted by Gasteiger charge is 2.43. The molecule has 5 heteroatoms. The summed E-state index contributed by atoms with van der Waals surface area (Å²) in [5, 5.41) is 0. The Hall–Kier alpha value is -1.54. The molecule has 1 aliphatic heterocycles. The molecule has 0 aromatic rings. The number of hydrogen-bond acceptors (Lipinski definition) is 3. The molecule has 1 rings (SSSR count). The average molecular weight is 237 g/mol. The van der Waals surface area contributed by atoms with Crippen LogP contribution in [-0.4, -0.2) is 53.3 Å². The van der Waals surface area contributed by atoms with E-state index in [1.165, 1.54) is 4.90 Å². The Morgan fingerprint density at radius 3 is 2.71 bits per heavy atom. The van der Waals surface area contributed by atoms with Crippen molar-refractivity contribution >= 4 is 11.8 Å². The Balaban J connectivity index is 2.88. The maximum Gasteiger partial charge on any atom is 0.247 e. The SMILES string of the molecule is C#CCC(N)C(=O)N1CCN(C)C(=O)C1(C)C. The minimum Gasteiger partial charge on any atom is -0.342 e. The molecule has 94 valence electrons. The molecular weight excluding hydrogens is 218 g/mol. The largest absolute Gasteiger partial charge is 0.342 e. The zero-order chi connectivity index (χ0) is 13.2. The number of rotatable bonds is 2. The third kappa shape index (κ3) is 2.42. The lowest BCUT2D eigenvalue weighted by molar-refractivity contribution is -0.157. The van der Waals surface area contributed by atoms with E-state index in [0.29, 0.717) is 13.1 Å². The smallest absolute Gasteiger partial charge is 0.247 e. The lowest BCUT2D eigenvalue weighted by atomic mass is 9.96. The second-order valence-electron chi connectivity index (χ2n) is 4.79. The van der Waals surface area contributed by atoms with Gasteiger partial charge in [0.2, 0.25) is 11.8 Å². The molecule has 1 aliphatic rings. The number of carbonyl (C=O) groups excluding carboxylic acids is 2. The summed E-state index contributed by atoms with van der Waals surface area (Å²) >= 11 is 0. The molecule has 2 amide bonds. The number of amides is 2. The molecule has 0 saturated carbocycles. The van der Waals surface area contributed by atoms with E-state index in [0.717, 1.165) is 0 Å². The highest BCUT2D eigenvalue weighted by atomic mass is 16.2. The van der Waals surface area contributed by atoms with Gasteiger partial charge in [0.15, 0.2) is 0 Å². The van der Waals surface area contributed by atoms with Crippen LogP contribution in [0.5, 0.6) is 0 Å². The van der Waals surface area contributed by atoms with Crippen LogP contribution < -0.4 is 5.73 Å². The molecule has 0 bridgehead atoms. The number of piperazine rings is 1. The number of nitrogens with zero attached hydrogens (tertiary/aromatic N) is 2. The van der Waals surface area contributed by atoms with Gasteiger partial charge in [0.1, 0.15) is 5.54 Å². The van der Waals surface area contributed by atoms with Gasteiger partial charge in [-0.25, -0.2) is 0 Å². The quantitative estimate of drug-likeness (QED) is 0.653. The van der Waals surface area contributed by atoms with Gasteiger partial charge in [-0.2, -0.15) is 0 Å². The first-order chi connectivity index (χ1) is 7.82. The number of likely N-dealkylation sites (N-methyl/N-ethyl adjacent to an activating group) is 1. The van der Waals surface area contributed by atoms with Crippen LogP contribution in [0, 0.1) is 12.3 Å². The summed E-state index contributed by atoms with van der Waals surface area (Å²) < 4.78 is 0. The van der Waals surface area contributed by atoms with Gasteiger partial charge in [0.25, 0.3) is 0 Å². The Morgan fingerprint density at radius 2 is 2.18 bits per heavy atom. The Morgan fingerprint density at radius 1 is 1.59 bits per heavy atom. The normalized spacial score (nSPS) is 21.0. The molecule has 1 unspecified atom stereocenters. The lowest BCUT2D eigenvalue weighted by Gasteiger charge is -2.45. The van der Waals surface area contributed by atoms with Crippen molar-refractivity contribution in [3.8, 4) is 12.3 Å². The van der Waals surface area contributed by atoms with Gasteiger partial charge in [-0.1, -0.05) is 0 Å². The molecule has 2 N–H and O–H groups in total. The molecule has 0 aromatic heterocycles. The van der Waals surface area contributed by atoms with Gasteiger partial charge in [-0.3, -0.25) is 9.59 Å². The molecular formula is C12H19N3O2. The third-order valence-electron chi connectivity index (χ3n) is 3.12. The van der Waals surface area contributed by atoms with E-state index in [4.69, 9.17) is 12.2 Å². The van der Waals surface area contributed by atoms with E-state index >= 15 is 0 Å². The van der Waals surface area contributed by atoms with Gasteiger partial charge in [-0.05, 0) is 13.8 Å². The molecule has 0 spiro atoms. The summed E-state index contributed by atoms with van der Waals surface area (Å²) in [6, 6.07) is -0.726. The summed E-state index contributed by atoms with van der Waals surface area (Å²) in [5.41, 5.74) is 4.85. The van der Waals surface area contributed by atoms with Crippen LogP contribution in [0.3, 0.4) is 0 Å². The molecule has 0 aliphatic carbocycles. The highest BCUT2D eigenvalue weighted by Crippen LogP contribution is 2.22. The Kier molecular flexibility index (Phi) is 3.79. The van der Waals surface area contributed by atoms with Crippen LogP contribution in [0.25, 0.3) is 0 Å². The Labute approximate surface area is 102 Å². The summed E-state index contributed by atoms with van der Waals surface area (Å²) in [7, 11) is 1.73. The third-order valence-corrected chi connectivity index (χ3v) is 3.12. The van der Waals surface area contributed by atoms with E-state index in [9.17, 15) is 9.59 Å². The van der Waals surface area contributed by atoms with E-state index < -0.39 is 11.6 Å². The average Bonchev–Trinajstić information content (AvgIpc) is 2.26. The van der Waals surface area contributed by atoms with Crippen LogP contribution in [-0.2, 0) is 9.59 Å². The van der Waals surface area contributed by atoms with Crippen LogP contribution in [0.4, 0.5) is 0 Å². The predicted molar refractivity (Wildman–Crippen MR) is 64.9 cm³/mol. The van der Waals surface area contributed by atoms with Crippen molar-refractivity contribution in [3.63, 3.8) is 0 Å². The second-order valence-corrected chi connectivity index (χ2v) is 4.79. The van der Waals surface area contributed by atoms with Crippen LogP contribution >= 0.6 is 0 Å². The van der Waals surface area contributed by atoms with Crippen LogP contribution in [0.2, 0.25) is 0 Å². The van der Waals surface area contributed by atoms with Crippen LogP contribution in [0.15, 0.2) is 0 Å². The van der Waals surface area contributed by atoms with Crippen molar-refractivity contribution in [1.82, 2.24) is 9.80 Å². The van der Waals surface area contributed by atoms with Crippen molar-refractivity contribution < 1.29 is 9.59 Å². The first-order valence-electron chi connectivity index (χ1n) is 5.58. The van der Waals surface area contributed by atoms with E-state index in [1.807, 2.05) is 0 Å². The standard InChI is InChI=1S/C12H19N3O2/c1-5-6-9(13)10(16)15-8-7-14(4)11(17)12(15,2)3/h1,9H,6-8,13H2,2-4H3. The van der Waals surface area contributed by atoms with Gasteiger partial charge in [0, 0.05) is 26.6 Å². The highest BCUT2D eigenvalue weighted by molar-refractivity contribution is 5.93. The summed E-state index contributed by atoms with van der Waals surface area (Å²) in [6.07, 6.45) is 5.33. The van der Waals surface area contributed by atoms with E-state index in [2.05, 4.69) is 5.92 Å². The molecule has 0 radical (unpaired) electrons.